The first-order chi connectivity index (χ1) is 12.6. The van der Waals surface area contributed by atoms with Crippen molar-refractivity contribution in [1.82, 2.24) is 5.16 Å². The monoisotopic (exact) mass is 410 g/mol. The highest BCUT2D eigenvalue weighted by atomic mass is 35.5. The smallest absolute Gasteiger partial charge is 0.350 e. The lowest BCUT2D eigenvalue weighted by molar-refractivity contribution is -0.119. The zero-order valence-electron chi connectivity index (χ0n) is 14.8. The first-order valence-corrected chi connectivity index (χ1v) is 9.16. The first-order valence-electron chi connectivity index (χ1n) is 7.97. The van der Waals surface area contributed by atoms with E-state index >= 15 is 0 Å². The van der Waals surface area contributed by atoms with Crippen molar-refractivity contribution in [2.75, 3.05) is 11.9 Å². The number of carbonyl (C=O) groups is 2. The summed E-state index contributed by atoms with van der Waals surface area (Å²) >= 11 is 7.16. The number of hydrogen-bond donors (Lipinski definition) is 1. The van der Waals surface area contributed by atoms with Gasteiger partial charge in [0.1, 0.15) is 10.7 Å². The maximum atomic E-state index is 13.3. The average Bonchev–Trinajstić information content (AvgIpc) is 3.17. The van der Waals surface area contributed by atoms with Gasteiger partial charge < -0.3 is 9.26 Å². The molecule has 9 heteroatoms. The normalized spacial score (nSPS) is 11.6. The van der Waals surface area contributed by atoms with Crippen molar-refractivity contribution in [2.24, 2.45) is 0 Å². The summed E-state index contributed by atoms with van der Waals surface area (Å²) in [6.45, 7) is 5.35. The molecule has 0 aliphatic rings. The number of carbonyl (C=O) groups excluding carboxylic acids is 2. The van der Waals surface area contributed by atoms with Gasteiger partial charge in [-0.2, -0.15) is 0 Å². The van der Waals surface area contributed by atoms with Crippen molar-refractivity contribution in [1.29, 1.82) is 0 Å². The van der Waals surface area contributed by atoms with E-state index in [0.717, 1.165) is 11.3 Å². The molecule has 0 aliphatic carbocycles. The van der Waals surface area contributed by atoms with Gasteiger partial charge in [0, 0.05) is 21.6 Å². The number of ether oxygens (including phenoxy) is 1. The molecule has 0 fully saturated rings. The van der Waals surface area contributed by atoms with E-state index in [2.05, 4.69) is 10.5 Å². The van der Waals surface area contributed by atoms with E-state index in [4.69, 9.17) is 20.9 Å². The van der Waals surface area contributed by atoms with Crippen molar-refractivity contribution in [2.45, 2.75) is 26.2 Å². The number of nitrogens with zero attached hydrogens (tertiary/aromatic N) is 1. The standard InChI is InChI=1S/C18H16ClFN2O4S/c1-18(2,3)12-7-14(26-22-12)21-13(23)8-25-17(24)16-15(19)10-5-4-9(20)6-11(10)27-16/h4-7H,8H2,1-3H3,(H,21,23). The fourth-order valence-electron chi connectivity index (χ4n) is 2.23. The summed E-state index contributed by atoms with van der Waals surface area (Å²) in [5.41, 5.74) is 0.454. The van der Waals surface area contributed by atoms with Crippen molar-refractivity contribution in [3.05, 3.63) is 45.7 Å². The van der Waals surface area contributed by atoms with E-state index in [-0.39, 0.29) is 21.2 Å². The van der Waals surface area contributed by atoms with E-state index in [1.165, 1.54) is 18.2 Å². The molecule has 6 nitrogen and oxygen atoms in total. The second-order valence-corrected chi connectivity index (χ2v) is 8.27. The number of esters is 1. The van der Waals surface area contributed by atoms with Crippen molar-refractivity contribution in [3.63, 3.8) is 0 Å². The van der Waals surface area contributed by atoms with Crippen LogP contribution >= 0.6 is 22.9 Å². The maximum Gasteiger partial charge on any atom is 0.350 e. The minimum absolute atomic E-state index is 0.111. The van der Waals surface area contributed by atoms with E-state index in [0.29, 0.717) is 15.8 Å². The number of benzene rings is 1. The number of aromatic nitrogens is 1. The minimum atomic E-state index is -0.760. The second kappa shape index (κ2) is 7.28. The predicted octanol–water partition coefficient (Wildman–Crippen LogP) is 4.77. The van der Waals surface area contributed by atoms with Crippen LogP contribution in [0.3, 0.4) is 0 Å². The molecule has 1 aromatic carbocycles. The van der Waals surface area contributed by atoms with Gasteiger partial charge in [-0.15, -0.1) is 11.3 Å². The van der Waals surface area contributed by atoms with Crippen LogP contribution in [0.1, 0.15) is 36.1 Å². The van der Waals surface area contributed by atoms with E-state index in [1.54, 1.807) is 6.07 Å². The van der Waals surface area contributed by atoms with Crippen LogP contribution in [0.5, 0.6) is 0 Å². The van der Waals surface area contributed by atoms with Crippen molar-refractivity contribution >= 4 is 50.8 Å². The number of hydrogen-bond acceptors (Lipinski definition) is 6. The number of amides is 1. The maximum absolute atomic E-state index is 13.3. The lowest BCUT2D eigenvalue weighted by atomic mass is 9.92. The third kappa shape index (κ3) is 4.28. The average molecular weight is 411 g/mol. The van der Waals surface area contributed by atoms with E-state index in [1.807, 2.05) is 20.8 Å². The number of fused-ring (bicyclic) bond motifs is 1. The summed E-state index contributed by atoms with van der Waals surface area (Å²) in [7, 11) is 0. The molecule has 3 aromatic rings. The van der Waals surface area contributed by atoms with Crippen molar-refractivity contribution < 1.29 is 23.2 Å². The quantitative estimate of drug-likeness (QED) is 0.626. The summed E-state index contributed by atoms with van der Waals surface area (Å²) in [5, 5.41) is 7.07. The van der Waals surface area contributed by atoms with Crippen LogP contribution < -0.4 is 5.32 Å². The molecule has 0 aliphatic heterocycles. The molecule has 1 amide bonds. The van der Waals surface area contributed by atoms with E-state index in [9.17, 15) is 14.0 Å². The van der Waals surface area contributed by atoms with Gasteiger partial charge in [0.15, 0.2) is 6.61 Å². The molecule has 0 spiro atoms. The van der Waals surface area contributed by atoms with Gasteiger partial charge in [-0.05, 0) is 18.2 Å². The van der Waals surface area contributed by atoms with Gasteiger partial charge in [-0.25, -0.2) is 9.18 Å². The van der Waals surface area contributed by atoms with Gasteiger partial charge in [0.2, 0.25) is 5.88 Å². The summed E-state index contributed by atoms with van der Waals surface area (Å²) in [5.74, 6) is -1.61. The van der Waals surface area contributed by atoms with Crippen LogP contribution in [0.2, 0.25) is 5.02 Å². The number of nitrogens with one attached hydrogen (secondary N) is 1. The Bertz CT molecular complexity index is 1020. The van der Waals surface area contributed by atoms with Crippen LogP contribution in [-0.4, -0.2) is 23.6 Å². The van der Waals surface area contributed by atoms with Gasteiger partial charge in [0.05, 0.1) is 10.7 Å². The molecule has 0 saturated heterocycles. The Kier molecular flexibility index (Phi) is 5.21. The Labute approximate surface area is 163 Å². The lowest BCUT2D eigenvalue weighted by Crippen LogP contribution is -2.20. The molecular weight excluding hydrogens is 395 g/mol. The SMILES string of the molecule is CC(C)(C)c1cc(NC(=O)COC(=O)c2sc3cc(F)ccc3c2Cl)on1. The third-order valence-electron chi connectivity index (χ3n) is 3.65. The molecule has 3 rings (SSSR count). The highest BCUT2D eigenvalue weighted by Crippen LogP contribution is 2.36. The molecule has 2 aromatic heterocycles. The molecule has 0 radical (unpaired) electrons. The molecular formula is C18H16ClFN2O4S. The van der Waals surface area contributed by atoms with Crippen molar-refractivity contribution in [3.8, 4) is 0 Å². The summed E-state index contributed by atoms with van der Waals surface area (Å²) in [6.07, 6.45) is 0. The van der Waals surface area contributed by atoms with Gasteiger partial charge in [-0.1, -0.05) is 37.5 Å². The first kappa shape index (κ1) is 19.3. The molecule has 0 unspecified atom stereocenters. The summed E-state index contributed by atoms with van der Waals surface area (Å²) in [4.78, 5) is 24.3. The van der Waals surface area contributed by atoms with Crippen LogP contribution in [0.25, 0.3) is 10.1 Å². The third-order valence-corrected chi connectivity index (χ3v) is 5.29. The number of anilines is 1. The van der Waals surface area contributed by atoms with E-state index < -0.39 is 24.3 Å². The highest BCUT2D eigenvalue weighted by molar-refractivity contribution is 7.21. The van der Waals surface area contributed by atoms with Gasteiger partial charge in [0.25, 0.3) is 5.91 Å². The number of thiophene rings is 1. The largest absolute Gasteiger partial charge is 0.451 e. The Balaban J connectivity index is 1.63. The highest BCUT2D eigenvalue weighted by Gasteiger charge is 2.22. The molecule has 142 valence electrons. The Morgan fingerprint density at radius 3 is 2.74 bits per heavy atom. The van der Waals surface area contributed by atoms with Crippen LogP contribution in [0.4, 0.5) is 10.3 Å². The summed E-state index contributed by atoms with van der Waals surface area (Å²) < 4.78 is 23.9. The molecule has 2 heterocycles. The Morgan fingerprint density at radius 1 is 1.33 bits per heavy atom. The topological polar surface area (TPSA) is 81.4 Å². The fraction of sp³-hybridized carbons (Fsp3) is 0.278. The molecule has 0 atom stereocenters. The number of halogens is 2. The van der Waals surface area contributed by atoms with Crippen LogP contribution in [0.15, 0.2) is 28.8 Å². The fourth-order valence-corrected chi connectivity index (χ4v) is 3.66. The zero-order chi connectivity index (χ0) is 19.8. The van der Waals surface area contributed by atoms with Crippen LogP contribution in [0, 0.1) is 5.82 Å². The number of rotatable bonds is 4. The molecule has 0 saturated carbocycles. The summed E-state index contributed by atoms with van der Waals surface area (Å²) in [6, 6.07) is 5.64. The zero-order valence-corrected chi connectivity index (χ0v) is 16.3. The van der Waals surface area contributed by atoms with Gasteiger partial charge in [-0.3, -0.25) is 10.1 Å². The Hall–Kier alpha value is -2.45. The van der Waals surface area contributed by atoms with Crippen LogP contribution in [-0.2, 0) is 14.9 Å². The molecule has 1 N–H and O–H groups in total. The molecule has 0 bridgehead atoms. The van der Waals surface area contributed by atoms with Gasteiger partial charge >= 0.3 is 5.97 Å². The lowest BCUT2D eigenvalue weighted by Gasteiger charge is -2.12. The second-order valence-electron chi connectivity index (χ2n) is 6.84. The molecule has 27 heavy (non-hydrogen) atoms. The Morgan fingerprint density at radius 2 is 2.07 bits per heavy atom. The minimum Gasteiger partial charge on any atom is -0.451 e. The predicted molar refractivity (Wildman–Crippen MR) is 101 cm³/mol.